The van der Waals surface area contributed by atoms with Crippen LogP contribution >= 0.6 is 0 Å². The van der Waals surface area contributed by atoms with E-state index in [2.05, 4.69) is 111 Å². The number of pyridine rings is 1. The topological polar surface area (TPSA) is 26.0 Å². The van der Waals surface area contributed by atoms with E-state index in [-0.39, 0.29) is 5.41 Å². The van der Waals surface area contributed by atoms with E-state index in [0.29, 0.717) is 0 Å². The Morgan fingerprint density at radius 3 is 2.22 bits per heavy atom. The minimum absolute atomic E-state index is 0.127. The van der Waals surface area contributed by atoms with Gasteiger partial charge in [-0.25, -0.2) is 0 Å². The van der Waals surface area contributed by atoms with Gasteiger partial charge >= 0.3 is 0 Å². The monoisotopic (exact) mass is 413 g/mol. The molecular weight excluding hydrogens is 390 g/mol. The minimum Gasteiger partial charge on any atom is -0.455 e. The van der Waals surface area contributed by atoms with Crippen molar-refractivity contribution in [1.82, 2.24) is 4.98 Å². The number of nitrogens with zero attached hydrogens (tertiary/aromatic N) is 1. The van der Waals surface area contributed by atoms with Gasteiger partial charge in [-0.1, -0.05) is 80.6 Å². The maximum atomic E-state index is 6.42. The van der Waals surface area contributed by atoms with Gasteiger partial charge in [-0.2, -0.15) is 0 Å². The van der Waals surface area contributed by atoms with Gasteiger partial charge < -0.3 is 4.42 Å². The van der Waals surface area contributed by atoms with Crippen LogP contribution in [0.1, 0.15) is 25.0 Å². The molecule has 4 aromatic carbocycles. The largest absolute Gasteiger partial charge is 0.455 e. The SMILES string of the molecule is CC(C)(c1ccccc1)c1ccnc(-c2cccc3c2oc2cc4ccccc4cc23)c1. The van der Waals surface area contributed by atoms with E-state index >= 15 is 0 Å². The summed E-state index contributed by atoms with van der Waals surface area (Å²) in [7, 11) is 0. The zero-order chi connectivity index (χ0) is 21.7. The number of benzene rings is 4. The Bertz CT molecular complexity index is 1590. The van der Waals surface area contributed by atoms with Crippen molar-refractivity contribution in [3.05, 3.63) is 114 Å². The molecule has 0 unspecified atom stereocenters. The molecule has 2 heteroatoms. The third-order valence-electron chi connectivity index (χ3n) is 6.62. The van der Waals surface area contributed by atoms with E-state index in [4.69, 9.17) is 9.40 Å². The van der Waals surface area contributed by atoms with Gasteiger partial charge in [0.1, 0.15) is 11.2 Å². The van der Waals surface area contributed by atoms with Crippen molar-refractivity contribution in [3.63, 3.8) is 0 Å². The van der Waals surface area contributed by atoms with Crippen molar-refractivity contribution in [2.75, 3.05) is 0 Å². The molecule has 6 rings (SSSR count). The van der Waals surface area contributed by atoms with Crippen LogP contribution in [0.5, 0.6) is 0 Å². The Morgan fingerprint density at radius 2 is 1.41 bits per heavy atom. The van der Waals surface area contributed by atoms with Crippen molar-refractivity contribution >= 4 is 32.7 Å². The summed E-state index contributed by atoms with van der Waals surface area (Å²) in [6, 6.07) is 34.0. The van der Waals surface area contributed by atoms with E-state index in [1.54, 1.807) is 0 Å². The molecule has 0 N–H and O–H groups in total. The third-order valence-corrected chi connectivity index (χ3v) is 6.62. The maximum absolute atomic E-state index is 6.42. The molecule has 6 aromatic rings. The number of para-hydroxylation sites is 1. The molecule has 0 radical (unpaired) electrons. The highest BCUT2D eigenvalue weighted by Crippen LogP contribution is 2.38. The molecule has 2 heterocycles. The van der Waals surface area contributed by atoms with E-state index in [0.717, 1.165) is 33.2 Å². The predicted molar refractivity (Wildman–Crippen MR) is 133 cm³/mol. The van der Waals surface area contributed by atoms with Crippen molar-refractivity contribution in [1.29, 1.82) is 0 Å². The molecular formula is C30H23NO. The summed E-state index contributed by atoms with van der Waals surface area (Å²) in [4.78, 5) is 4.73. The Morgan fingerprint density at radius 1 is 0.656 bits per heavy atom. The van der Waals surface area contributed by atoms with Crippen LogP contribution in [-0.2, 0) is 5.41 Å². The Kier molecular flexibility index (Phi) is 4.16. The minimum atomic E-state index is -0.127. The Hall–Kier alpha value is -3.91. The smallest absolute Gasteiger partial charge is 0.144 e. The first kappa shape index (κ1) is 18.8. The van der Waals surface area contributed by atoms with Gasteiger partial charge in [-0.05, 0) is 52.2 Å². The van der Waals surface area contributed by atoms with Gasteiger partial charge in [0.15, 0.2) is 0 Å². The molecule has 0 fully saturated rings. The number of hydrogen-bond acceptors (Lipinski definition) is 2. The third kappa shape index (κ3) is 2.91. The van der Waals surface area contributed by atoms with Crippen LogP contribution in [0, 0.1) is 0 Å². The van der Waals surface area contributed by atoms with Crippen LogP contribution in [0.2, 0.25) is 0 Å². The normalized spacial score (nSPS) is 12.1. The summed E-state index contributed by atoms with van der Waals surface area (Å²) in [5, 5.41) is 4.67. The zero-order valence-corrected chi connectivity index (χ0v) is 18.2. The van der Waals surface area contributed by atoms with Crippen LogP contribution < -0.4 is 0 Å². The van der Waals surface area contributed by atoms with Gasteiger partial charge in [0.25, 0.3) is 0 Å². The number of rotatable bonds is 3. The second-order valence-corrected chi connectivity index (χ2v) is 8.90. The molecule has 32 heavy (non-hydrogen) atoms. The summed E-state index contributed by atoms with van der Waals surface area (Å²) in [6.07, 6.45) is 1.91. The quantitative estimate of drug-likeness (QED) is 0.293. The van der Waals surface area contributed by atoms with Crippen molar-refractivity contribution in [2.24, 2.45) is 0 Å². The van der Waals surface area contributed by atoms with Gasteiger partial charge in [-0.3, -0.25) is 4.98 Å². The summed E-state index contributed by atoms with van der Waals surface area (Å²) >= 11 is 0. The van der Waals surface area contributed by atoms with Crippen LogP contribution in [-0.4, -0.2) is 4.98 Å². The van der Waals surface area contributed by atoms with Crippen LogP contribution in [0.4, 0.5) is 0 Å². The lowest BCUT2D eigenvalue weighted by molar-refractivity contribution is 0.640. The molecule has 0 spiro atoms. The lowest BCUT2D eigenvalue weighted by atomic mass is 9.78. The maximum Gasteiger partial charge on any atom is 0.144 e. The fourth-order valence-electron chi connectivity index (χ4n) is 4.67. The van der Waals surface area contributed by atoms with Crippen LogP contribution in [0.15, 0.2) is 108 Å². The highest BCUT2D eigenvalue weighted by molar-refractivity contribution is 6.13. The average molecular weight is 414 g/mol. The first-order valence-electron chi connectivity index (χ1n) is 11.0. The second kappa shape index (κ2) is 7.06. The lowest BCUT2D eigenvalue weighted by Gasteiger charge is -2.26. The van der Waals surface area contributed by atoms with Gasteiger partial charge in [0, 0.05) is 27.9 Å². The Labute approximate surface area is 187 Å². The number of aromatic nitrogens is 1. The second-order valence-electron chi connectivity index (χ2n) is 8.90. The predicted octanol–water partition coefficient (Wildman–Crippen LogP) is 8.13. The molecule has 0 bridgehead atoms. The standard InChI is InChI=1S/C30H23NO/c1-30(2,22-11-4-3-5-12-22)23-15-16-31-27(19-23)25-14-8-13-24-26-17-20-9-6-7-10-21(20)18-28(26)32-29(24)25/h3-19H,1-2H3. The van der Waals surface area contributed by atoms with E-state index in [1.165, 1.54) is 21.9 Å². The number of fused-ring (bicyclic) bond motifs is 4. The molecule has 0 atom stereocenters. The molecule has 0 saturated heterocycles. The van der Waals surface area contributed by atoms with E-state index < -0.39 is 0 Å². The molecule has 0 saturated carbocycles. The average Bonchev–Trinajstić information content (AvgIpc) is 3.20. The zero-order valence-electron chi connectivity index (χ0n) is 18.2. The first-order valence-corrected chi connectivity index (χ1v) is 11.0. The summed E-state index contributed by atoms with van der Waals surface area (Å²) in [5.41, 5.74) is 6.14. The van der Waals surface area contributed by atoms with Crippen molar-refractivity contribution < 1.29 is 4.42 Å². The molecule has 0 aliphatic carbocycles. The molecule has 0 amide bonds. The fourth-order valence-corrected chi connectivity index (χ4v) is 4.67. The van der Waals surface area contributed by atoms with Crippen molar-refractivity contribution in [3.8, 4) is 11.3 Å². The van der Waals surface area contributed by atoms with Gasteiger partial charge in [0.2, 0.25) is 0 Å². The van der Waals surface area contributed by atoms with E-state index in [9.17, 15) is 0 Å². The van der Waals surface area contributed by atoms with Crippen LogP contribution in [0.25, 0.3) is 44.0 Å². The summed E-state index contributed by atoms with van der Waals surface area (Å²) in [5.74, 6) is 0. The lowest BCUT2D eigenvalue weighted by Crippen LogP contribution is -2.18. The number of hydrogen-bond donors (Lipinski definition) is 0. The fraction of sp³-hybridized carbons (Fsp3) is 0.100. The molecule has 0 aliphatic rings. The van der Waals surface area contributed by atoms with Gasteiger partial charge in [-0.15, -0.1) is 0 Å². The van der Waals surface area contributed by atoms with Crippen LogP contribution in [0.3, 0.4) is 0 Å². The molecule has 154 valence electrons. The molecule has 0 aliphatic heterocycles. The van der Waals surface area contributed by atoms with Crippen molar-refractivity contribution in [2.45, 2.75) is 19.3 Å². The van der Waals surface area contributed by atoms with Gasteiger partial charge in [0.05, 0.1) is 5.69 Å². The van der Waals surface area contributed by atoms with E-state index in [1.807, 2.05) is 6.20 Å². The Balaban J connectivity index is 1.54. The highest BCUT2D eigenvalue weighted by Gasteiger charge is 2.24. The number of furan rings is 1. The summed E-state index contributed by atoms with van der Waals surface area (Å²) in [6.45, 7) is 4.52. The highest BCUT2D eigenvalue weighted by atomic mass is 16.3. The first-order chi connectivity index (χ1) is 15.6. The molecule has 2 aromatic heterocycles. The summed E-state index contributed by atoms with van der Waals surface area (Å²) < 4.78 is 6.42. The molecule has 2 nitrogen and oxygen atoms in total.